The van der Waals surface area contributed by atoms with Crippen LogP contribution in [0.5, 0.6) is 0 Å². The van der Waals surface area contributed by atoms with E-state index in [0.29, 0.717) is 0 Å². The molecule has 2 heterocycles. The Labute approximate surface area is 148 Å². The lowest BCUT2D eigenvalue weighted by atomic mass is 10.3. The molecule has 3 rings (SSSR count). The highest BCUT2D eigenvalue weighted by Crippen LogP contribution is 2.41. The SMILES string of the molecule is C=Cc1nc(C=C2Nc3ccccc3S2)sc1C=C.CC.CC. The number of benzene rings is 1. The molecule has 0 spiro atoms. The minimum absolute atomic E-state index is 0.896. The normalized spacial score (nSPS) is 13.0. The number of thioether (sulfide) groups is 1. The van der Waals surface area contributed by atoms with E-state index in [0.717, 1.165) is 26.3 Å². The van der Waals surface area contributed by atoms with E-state index in [9.17, 15) is 0 Å². The first-order chi connectivity index (χ1) is 11.3. The van der Waals surface area contributed by atoms with Crippen LogP contribution in [-0.2, 0) is 0 Å². The topological polar surface area (TPSA) is 24.9 Å². The minimum Gasteiger partial charge on any atom is -0.349 e. The summed E-state index contributed by atoms with van der Waals surface area (Å²) in [7, 11) is 0. The third-order valence-corrected chi connectivity index (χ3v) is 4.73. The molecule has 1 aliphatic rings. The van der Waals surface area contributed by atoms with Crippen LogP contribution in [-0.4, -0.2) is 4.98 Å². The summed E-state index contributed by atoms with van der Waals surface area (Å²) in [5.74, 6) is 0. The Bertz CT molecular complexity index is 632. The Morgan fingerprint density at radius 2 is 1.74 bits per heavy atom. The number of anilines is 1. The lowest BCUT2D eigenvalue weighted by molar-refractivity contribution is 1.35. The number of aromatic nitrogens is 1. The molecule has 0 radical (unpaired) electrons. The van der Waals surface area contributed by atoms with E-state index in [1.165, 1.54) is 4.90 Å². The molecule has 0 amide bonds. The first-order valence-corrected chi connectivity index (χ1v) is 9.45. The molecule has 0 atom stereocenters. The summed E-state index contributed by atoms with van der Waals surface area (Å²) in [6, 6.07) is 8.27. The zero-order valence-corrected chi connectivity index (χ0v) is 15.9. The van der Waals surface area contributed by atoms with E-state index >= 15 is 0 Å². The fourth-order valence-electron chi connectivity index (χ4n) is 1.83. The van der Waals surface area contributed by atoms with Gasteiger partial charge in [0.25, 0.3) is 0 Å². The van der Waals surface area contributed by atoms with Gasteiger partial charge in [-0.25, -0.2) is 4.98 Å². The zero-order valence-electron chi connectivity index (χ0n) is 14.2. The third kappa shape index (κ3) is 4.85. The summed E-state index contributed by atoms with van der Waals surface area (Å²) in [5, 5.41) is 5.45. The Kier molecular flexibility index (Phi) is 8.45. The highest BCUT2D eigenvalue weighted by molar-refractivity contribution is 8.03. The van der Waals surface area contributed by atoms with Gasteiger partial charge >= 0.3 is 0 Å². The van der Waals surface area contributed by atoms with Crippen LogP contribution in [0.3, 0.4) is 0 Å². The van der Waals surface area contributed by atoms with Gasteiger partial charge in [-0.3, -0.25) is 0 Å². The quantitative estimate of drug-likeness (QED) is 0.649. The Morgan fingerprint density at radius 3 is 2.30 bits per heavy atom. The molecule has 0 saturated heterocycles. The standard InChI is InChI=1S/C15H12N2S2.2C2H6/c1-3-10-12(4-2)18-14(16-10)9-15-17-11-7-5-6-8-13(11)19-15;2*1-2/h3-9,17H,1-2H2;2*1-2H3. The van der Waals surface area contributed by atoms with E-state index in [-0.39, 0.29) is 0 Å². The molecule has 0 unspecified atom stereocenters. The number of rotatable bonds is 3. The molecule has 0 saturated carbocycles. The summed E-state index contributed by atoms with van der Waals surface area (Å²) in [6.07, 6.45) is 5.65. The average Bonchev–Trinajstić information content (AvgIpc) is 3.21. The van der Waals surface area contributed by atoms with Gasteiger partial charge in [-0.1, -0.05) is 64.7 Å². The van der Waals surface area contributed by atoms with Crippen molar-refractivity contribution in [3.63, 3.8) is 0 Å². The number of nitrogens with zero attached hydrogens (tertiary/aromatic N) is 1. The number of para-hydroxylation sites is 1. The second kappa shape index (κ2) is 10.1. The summed E-state index contributed by atoms with van der Waals surface area (Å²) < 4.78 is 0. The van der Waals surface area contributed by atoms with Crippen molar-refractivity contribution in [1.29, 1.82) is 0 Å². The molecule has 1 aliphatic heterocycles. The maximum Gasteiger partial charge on any atom is 0.119 e. The fraction of sp³-hybridized carbons (Fsp3) is 0.211. The first kappa shape index (κ1) is 19.3. The van der Waals surface area contributed by atoms with E-state index < -0.39 is 0 Å². The van der Waals surface area contributed by atoms with Crippen molar-refractivity contribution in [1.82, 2.24) is 4.98 Å². The molecule has 2 nitrogen and oxygen atoms in total. The smallest absolute Gasteiger partial charge is 0.119 e. The minimum atomic E-state index is 0.896. The number of fused-ring (bicyclic) bond motifs is 1. The van der Waals surface area contributed by atoms with Crippen LogP contribution < -0.4 is 5.32 Å². The van der Waals surface area contributed by atoms with Crippen LogP contribution in [0, 0.1) is 0 Å². The van der Waals surface area contributed by atoms with E-state index in [1.807, 2.05) is 45.9 Å². The highest BCUT2D eigenvalue weighted by atomic mass is 32.2. The number of hydrogen-bond donors (Lipinski definition) is 1. The van der Waals surface area contributed by atoms with Gasteiger partial charge in [0.05, 0.1) is 21.3 Å². The monoisotopic (exact) mass is 344 g/mol. The molecule has 0 bridgehead atoms. The van der Waals surface area contributed by atoms with Gasteiger partial charge in [0.1, 0.15) is 5.01 Å². The van der Waals surface area contributed by atoms with Crippen LogP contribution in [0.1, 0.15) is 43.3 Å². The van der Waals surface area contributed by atoms with Gasteiger partial charge in [-0.05, 0) is 24.3 Å². The van der Waals surface area contributed by atoms with Crippen LogP contribution in [0.15, 0.2) is 47.3 Å². The Balaban J connectivity index is 0.000000615. The largest absolute Gasteiger partial charge is 0.349 e. The summed E-state index contributed by atoms with van der Waals surface area (Å²) >= 11 is 3.35. The Hall–Kier alpha value is -1.78. The van der Waals surface area contributed by atoms with Crippen molar-refractivity contribution in [3.05, 3.63) is 58.0 Å². The molecule has 23 heavy (non-hydrogen) atoms. The fourth-order valence-corrected chi connectivity index (χ4v) is 3.71. The lowest BCUT2D eigenvalue weighted by Crippen LogP contribution is -1.87. The molecule has 0 fully saturated rings. The lowest BCUT2D eigenvalue weighted by Gasteiger charge is -1.95. The second-order valence-corrected chi connectivity index (χ2v) is 6.09. The van der Waals surface area contributed by atoms with Crippen molar-refractivity contribution in [3.8, 4) is 0 Å². The van der Waals surface area contributed by atoms with Crippen molar-refractivity contribution < 1.29 is 0 Å². The molecular formula is C19H24N2S2. The summed E-state index contributed by atoms with van der Waals surface area (Å²) in [5.41, 5.74) is 2.05. The molecular weight excluding hydrogens is 320 g/mol. The van der Waals surface area contributed by atoms with Gasteiger partial charge < -0.3 is 5.32 Å². The van der Waals surface area contributed by atoms with Gasteiger partial charge in [-0.2, -0.15) is 0 Å². The molecule has 0 aliphatic carbocycles. The van der Waals surface area contributed by atoms with E-state index in [1.54, 1.807) is 29.2 Å². The predicted molar refractivity (Wildman–Crippen MR) is 109 cm³/mol. The molecule has 1 aromatic carbocycles. The van der Waals surface area contributed by atoms with Crippen molar-refractivity contribution in [2.45, 2.75) is 32.6 Å². The third-order valence-electron chi connectivity index (χ3n) is 2.70. The number of thiazole rings is 1. The van der Waals surface area contributed by atoms with Gasteiger partial charge in [0, 0.05) is 11.0 Å². The Morgan fingerprint density at radius 1 is 1.04 bits per heavy atom. The maximum atomic E-state index is 4.53. The predicted octanol–water partition coefficient (Wildman–Crippen LogP) is 7.00. The van der Waals surface area contributed by atoms with Crippen molar-refractivity contribution in [2.24, 2.45) is 0 Å². The summed E-state index contributed by atoms with van der Waals surface area (Å²) in [6.45, 7) is 15.6. The van der Waals surface area contributed by atoms with Crippen LogP contribution >= 0.6 is 23.1 Å². The summed E-state index contributed by atoms with van der Waals surface area (Å²) in [4.78, 5) is 6.83. The average molecular weight is 345 g/mol. The van der Waals surface area contributed by atoms with Crippen LogP contribution in [0.4, 0.5) is 5.69 Å². The van der Waals surface area contributed by atoms with E-state index in [4.69, 9.17) is 0 Å². The molecule has 1 aromatic heterocycles. The van der Waals surface area contributed by atoms with Crippen molar-refractivity contribution >= 4 is 47.0 Å². The molecule has 122 valence electrons. The van der Waals surface area contributed by atoms with Crippen molar-refractivity contribution in [2.75, 3.05) is 5.32 Å². The van der Waals surface area contributed by atoms with Crippen LogP contribution in [0.2, 0.25) is 0 Å². The second-order valence-electron chi connectivity index (χ2n) is 3.94. The van der Waals surface area contributed by atoms with Gasteiger partial charge in [0.2, 0.25) is 0 Å². The molecule has 2 aromatic rings. The van der Waals surface area contributed by atoms with Crippen LogP contribution in [0.25, 0.3) is 18.2 Å². The zero-order chi connectivity index (χ0) is 17.2. The first-order valence-electron chi connectivity index (χ1n) is 7.81. The molecule has 1 N–H and O–H groups in total. The maximum absolute atomic E-state index is 4.53. The highest BCUT2D eigenvalue weighted by Gasteiger charge is 2.15. The molecule has 4 heteroatoms. The van der Waals surface area contributed by atoms with E-state index in [2.05, 4.69) is 41.7 Å². The number of hydrogen-bond acceptors (Lipinski definition) is 4. The van der Waals surface area contributed by atoms with Gasteiger partial charge in [0.15, 0.2) is 0 Å². The van der Waals surface area contributed by atoms with Gasteiger partial charge in [-0.15, -0.1) is 11.3 Å². The number of nitrogens with one attached hydrogen (secondary N) is 1.